The summed E-state index contributed by atoms with van der Waals surface area (Å²) in [6.07, 6.45) is 1.90. The van der Waals surface area contributed by atoms with Crippen molar-refractivity contribution < 1.29 is 9.53 Å². The van der Waals surface area contributed by atoms with Gasteiger partial charge in [-0.3, -0.25) is 4.79 Å². The average molecular weight is 395 g/mol. The van der Waals surface area contributed by atoms with Gasteiger partial charge in [0.25, 0.3) is 5.91 Å². The summed E-state index contributed by atoms with van der Waals surface area (Å²) in [5, 5.41) is 8.39. The first-order chi connectivity index (χ1) is 13.7. The highest BCUT2D eigenvalue weighted by Gasteiger charge is 2.34. The van der Waals surface area contributed by atoms with Gasteiger partial charge in [0.1, 0.15) is 18.1 Å². The van der Waals surface area contributed by atoms with Crippen LogP contribution in [0.1, 0.15) is 29.0 Å². The van der Waals surface area contributed by atoms with Crippen LogP contribution in [0.4, 0.5) is 0 Å². The fraction of sp³-hybridized carbons (Fsp3) is 0.286. The number of para-hydroxylation sites is 1. The van der Waals surface area contributed by atoms with Gasteiger partial charge in [0.05, 0.1) is 17.8 Å². The number of carbonyl (C=O) groups excluding carboxylic acids is 1. The van der Waals surface area contributed by atoms with Crippen LogP contribution < -0.4 is 4.74 Å². The number of likely N-dealkylation sites (tertiary alicyclic amines) is 1. The number of hydrogen-bond donors (Lipinski definition) is 0. The lowest BCUT2D eigenvalue weighted by Crippen LogP contribution is -2.51. The summed E-state index contributed by atoms with van der Waals surface area (Å²) in [7, 11) is 0. The molecule has 6 nitrogen and oxygen atoms in total. The standard InChI is InChI=1S/C21H22N4O2S/c1-2-28-20-11-7-6-10-19(20)21(26)24-13-17(14-24)25-12-16(22-23-25)15-27-18-8-4-3-5-9-18/h3-12,17H,2,13-15H2,1H3. The second kappa shape index (κ2) is 8.48. The van der Waals surface area contributed by atoms with Crippen molar-refractivity contribution in [2.75, 3.05) is 18.8 Å². The lowest BCUT2D eigenvalue weighted by molar-refractivity contribution is 0.0495. The van der Waals surface area contributed by atoms with Crippen molar-refractivity contribution in [3.8, 4) is 5.75 Å². The van der Waals surface area contributed by atoms with Crippen molar-refractivity contribution in [1.82, 2.24) is 19.9 Å². The highest BCUT2D eigenvalue weighted by Crippen LogP contribution is 2.28. The number of amides is 1. The zero-order chi connectivity index (χ0) is 19.3. The van der Waals surface area contributed by atoms with Gasteiger partial charge in [-0.2, -0.15) is 0 Å². The molecule has 0 spiro atoms. The minimum absolute atomic E-state index is 0.0838. The molecule has 7 heteroatoms. The van der Waals surface area contributed by atoms with E-state index in [1.54, 1.807) is 11.8 Å². The van der Waals surface area contributed by atoms with Crippen LogP contribution in [0, 0.1) is 0 Å². The van der Waals surface area contributed by atoms with Gasteiger partial charge in [0.2, 0.25) is 0 Å². The third kappa shape index (κ3) is 4.04. The lowest BCUT2D eigenvalue weighted by Gasteiger charge is -2.39. The lowest BCUT2D eigenvalue weighted by atomic mass is 10.1. The van der Waals surface area contributed by atoms with E-state index in [4.69, 9.17) is 4.74 Å². The molecule has 144 valence electrons. The predicted molar refractivity (Wildman–Crippen MR) is 109 cm³/mol. The number of hydrogen-bond acceptors (Lipinski definition) is 5. The zero-order valence-electron chi connectivity index (χ0n) is 15.7. The van der Waals surface area contributed by atoms with Crippen molar-refractivity contribution >= 4 is 17.7 Å². The van der Waals surface area contributed by atoms with Gasteiger partial charge in [-0.05, 0) is 30.0 Å². The molecule has 2 aromatic carbocycles. The van der Waals surface area contributed by atoms with Crippen molar-refractivity contribution in [1.29, 1.82) is 0 Å². The molecule has 0 radical (unpaired) electrons. The van der Waals surface area contributed by atoms with Gasteiger partial charge in [0.15, 0.2) is 0 Å². The van der Waals surface area contributed by atoms with E-state index in [0.29, 0.717) is 19.7 Å². The van der Waals surface area contributed by atoms with Crippen molar-refractivity contribution in [3.05, 3.63) is 72.1 Å². The third-order valence-electron chi connectivity index (χ3n) is 4.63. The zero-order valence-corrected chi connectivity index (χ0v) is 16.5. The number of aromatic nitrogens is 3. The van der Waals surface area contributed by atoms with E-state index in [0.717, 1.165) is 27.7 Å². The van der Waals surface area contributed by atoms with Crippen LogP contribution in [0.5, 0.6) is 5.75 Å². The summed E-state index contributed by atoms with van der Waals surface area (Å²) < 4.78 is 7.54. The molecule has 0 atom stereocenters. The molecule has 1 aliphatic rings. The molecule has 1 aliphatic heterocycles. The van der Waals surface area contributed by atoms with E-state index < -0.39 is 0 Å². The van der Waals surface area contributed by atoms with Crippen molar-refractivity contribution in [3.63, 3.8) is 0 Å². The number of rotatable bonds is 7. The van der Waals surface area contributed by atoms with Crippen LogP contribution in [-0.2, 0) is 6.61 Å². The Kier molecular flexibility index (Phi) is 5.62. The Balaban J connectivity index is 1.33. The normalized spacial score (nSPS) is 14.0. The largest absolute Gasteiger partial charge is 0.487 e. The van der Waals surface area contributed by atoms with Crippen molar-refractivity contribution in [2.45, 2.75) is 24.5 Å². The third-order valence-corrected chi connectivity index (χ3v) is 5.58. The molecule has 0 saturated carbocycles. The van der Waals surface area contributed by atoms with Gasteiger partial charge in [-0.1, -0.05) is 42.5 Å². The number of ether oxygens (including phenoxy) is 1. The second-order valence-corrected chi connectivity index (χ2v) is 7.89. The van der Waals surface area contributed by atoms with Crippen LogP contribution in [0.15, 0.2) is 65.7 Å². The smallest absolute Gasteiger partial charge is 0.255 e. The molecule has 4 rings (SSSR count). The van der Waals surface area contributed by atoms with E-state index in [1.807, 2.05) is 70.4 Å². The van der Waals surface area contributed by atoms with E-state index in [-0.39, 0.29) is 11.9 Å². The average Bonchev–Trinajstić information content (AvgIpc) is 3.15. The molecule has 1 saturated heterocycles. The van der Waals surface area contributed by atoms with Crippen LogP contribution >= 0.6 is 11.8 Å². The Bertz CT molecular complexity index is 938. The minimum atomic E-state index is 0.0838. The first kappa shape index (κ1) is 18.6. The molecule has 0 bridgehead atoms. The molecule has 1 fully saturated rings. The van der Waals surface area contributed by atoms with E-state index in [1.165, 1.54) is 0 Å². The topological polar surface area (TPSA) is 60.2 Å². The second-order valence-electron chi connectivity index (χ2n) is 6.58. The molecule has 3 aromatic rings. The highest BCUT2D eigenvalue weighted by molar-refractivity contribution is 7.99. The molecule has 1 amide bonds. The fourth-order valence-corrected chi connectivity index (χ4v) is 3.91. The summed E-state index contributed by atoms with van der Waals surface area (Å²) >= 11 is 1.70. The molecule has 0 N–H and O–H groups in total. The monoisotopic (exact) mass is 394 g/mol. The number of thioether (sulfide) groups is 1. The number of carbonyl (C=O) groups is 1. The van der Waals surface area contributed by atoms with E-state index in [9.17, 15) is 4.79 Å². The fourth-order valence-electron chi connectivity index (χ4n) is 3.12. The maximum atomic E-state index is 12.8. The number of benzene rings is 2. The number of nitrogens with zero attached hydrogens (tertiary/aromatic N) is 4. The summed E-state index contributed by atoms with van der Waals surface area (Å²) in [4.78, 5) is 15.7. The Labute approximate surface area is 168 Å². The van der Waals surface area contributed by atoms with Gasteiger partial charge in [-0.25, -0.2) is 4.68 Å². The summed E-state index contributed by atoms with van der Waals surface area (Å²) in [6.45, 7) is 3.76. The van der Waals surface area contributed by atoms with Gasteiger partial charge >= 0.3 is 0 Å². The maximum absolute atomic E-state index is 12.8. The summed E-state index contributed by atoms with van der Waals surface area (Å²) in [5.74, 6) is 1.83. The van der Waals surface area contributed by atoms with Crippen LogP contribution in [0.25, 0.3) is 0 Å². The van der Waals surface area contributed by atoms with Gasteiger partial charge < -0.3 is 9.64 Å². The molecular formula is C21H22N4O2S. The minimum Gasteiger partial charge on any atom is -0.487 e. The van der Waals surface area contributed by atoms with E-state index in [2.05, 4.69) is 17.2 Å². The first-order valence-electron chi connectivity index (χ1n) is 9.34. The molecule has 1 aromatic heterocycles. The quantitative estimate of drug-likeness (QED) is 0.572. The Morgan fingerprint density at radius 1 is 1.14 bits per heavy atom. The van der Waals surface area contributed by atoms with Crippen LogP contribution in [0.2, 0.25) is 0 Å². The molecular weight excluding hydrogens is 372 g/mol. The van der Waals surface area contributed by atoms with Crippen molar-refractivity contribution in [2.24, 2.45) is 0 Å². The maximum Gasteiger partial charge on any atom is 0.255 e. The first-order valence-corrected chi connectivity index (χ1v) is 10.3. The molecule has 28 heavy (non-hydrogen) atoms. The predicted octanol–water partition coefficient (Wildman–Crippen LogP) is 3.67. The summed E-state index contributed by atoms with van der Waals surface area (Å²) in [6, 6.07) is 17.6. The SMILES string of the molecule is CCSc1ccccc1C(=O)N1CC(n2cc(COc3ccccc3)nn2)C1. The highest BCUT2D eigenvalue weighted by atomic mass is 32.2. The van der Waals surface area contributed by atoms with E-state index >= 15 is 0 Å². The molecule has 2 heterocycles. The van der Waals surface area contributed by atoms with Gasteiger partial charge in [-0.15, -0.1) is 16.9 Å². The Morgan fingerprint density at radius 3 is 2.68 bits per heavy atom. The Morgan fingerprint density at radius 2 is 1.89 bits per heavy atom. The molecule has 0 aliphatic carbocycles. The van der Waals surface area contributed by atoms with Crippen LogP contribution in [0.3, 0.4) is 0 Å². The Hall–Kier alpha value is -2.80. The molecule has 0 unspecified atom stereocenters. The van der Waals surface area contributed by atoms with Gasteiger partial charge in [0, 0.05) is 18.0 Å². The summed E-state index contributed by atoms with van der Waals surface area (Å²) in [5.41, 5.74) is 1.56. The van der Waals surface area contributed by atoms with Crippen LogP contribution in [-0.4, -0.2) is 44.6 Å².